The van der Waals surface area contributed by atoms with Crippen LogP contribution in [-0.2, 0) is 13.0 Å². The molecule has 1 N–H and O–H groups in total. The number of aryl methyl sites for hydroxylation is 1. The molecule has 0 heterocycles. The van der Waals surface area contributed by atoms with E-state index in [1.165, 1.54) is 50.5 Å². The lowest BCUT2D eigenvalue weighted by atomic mass is 10.0. The van der Waals surface area contributed by atoms with E-state index >= 15 is 0 Å². The molecule has 0 atom stereocenters. The summed E-state index contributed by atoms with van der Waals surface area (Å²) in [4.78, 5) is 0. The Hall–Kier alpha value is -0.820. The number of rotatable bonds is 9. The maximum Gasteiger partial charge on any atom is 0.0684 e. The third-order valence-corrected chi connectivity index (χ3v) is 3.34. The minimum Gasteiger partial charge on any atom is -0.392 e. The van der Waals surface area contributed by atoms with Crippen molar-refractivity contribution in [3.63, 3.8) is 0 Å². The smallest absolute Gasteiger partial charge is 0.0684 e. The summed E-state index contributed by atoms with van der Waals surface area (Å²) < 4.78 is 0. The zero-order chi connectivity index (χ0) is 12.3. The molecule has 1 rings (SSSR count). The first-order valence-corrected chi connectivity index (χ1v) is 7.06. The number of unbranched alkanes of at least 4 members (excludes halogenated alkanes) is 6. The highest BCUT2D eigenvalue weighted by atomic mass is 16.3. The van der Waals surface area contributed by atoms with Gasteiger partial charge in [0, 0.05) is 0 Å². The molecule has 1 aromatic carbocycles. The van der Waals surface area contributed by atoms with Crippen molar-refractivity contribution in [3.8, 4) is 0 Å². The van der Waals surface area contributed by atoms with E-state index in [0.717, 1.165) is 12.0 Å². The Morgan fingerprint density at radius 1 is 0.824 bits per heavy atom. The van der Waals surface area contributed by atoms with Crippen LogP contribution < -0.4 is 0 Å². The molecule has 0 saturated heterocycles. The summed E-state index contributed by atoms with van der Waals surface area (Å²) >= 11 is 0. The van der Waals surface area contributed by atoms with Crippen molar-refractivity contribution in [2.75, 3.05) is 0 Å². The highest BCUT2D eigenvalue weighted by molar-refractivity contribution is 5.26. The maximum atomic E-state index is 9.22. The van der Waals surface area contributed by atoms with Gasteiger partial charge in [-0.15, -0.1) is 0 Å². The normalized spacial score (nSPS) is 10.7. The summed E-state index contributed by atoms with van der Waals surface area (Å²) in [5.74, 6) is 0. The molecule has 0 aliphatic carbocycles. The monoisotopic (exact) mass is 234 g/mol. The second-order valence-corrected chi connectivity index (χ2v) is 4.80. The van der Waals surface area contributed by atoms with Crippen LogP contribution in [-0.4, -0.2) is 5.11 Å². The molecule has 0 radical (unpaired) electrons. The van der Waals surface area contributed by atoms with Gasteiger partial charge in [-0.05, 0) is 24.0 Å². The van der Waals surface area contributed by atoms with Crippen LogP contribution in [0, 0.1) is 0 Å². The van der Waals surface area contributed by atoms with E-state index in [1.807, 2.05) is 12.1 Å². The Bertz CT molecular complexity index is 293. The van der Waals surface area contributed by atoms with Crippen LogP contribution >= 0.6 is 0 Å². The van der Waals surface area contributed by atoms with Gasteiger partial charge in [-0.3, -0.25) is 0 Å². The molecule has 0 aliphatic heterocycles. The van der Waals surface area contributed by atoms with Gasteiger partial charge in [-0.1, -0.05) is 69.7 Å². The second kappa shape index (κ2) is 9.23. The van der Waals surface area contributed by atoms with E-state index in [2.05, 4.69) is 19.1 Å². The molecule has 1 heteroatoms. The fourth-order valence-corrected chi connectivity index (χ4v) is 2.23. The standard InChI is InChI=1S/C16H26O/c1-2-3-4-5-6-7-8-11-15-12-9-10-13-16(15)14-17/h9-10,12-13,17H,2-8,11,14H2,1H3. The topological polar surface area (TPSA) is 20.2 Å². The van der Waals surface area contributed by atoms with Gasteiger partial charge in [0.25, 0.3) is 0 Å². The largest absolute Gasteiger partial charge is 0.392 e. The highest BCUT2D eigenvalue weighted by Crippen LogP contribution is 2.14. The minimum atomic E-state index is 0.173. The van der Waals surface area contributed by atoms with E-state index in [0.29, 0.717) is 0 Å². The lowest BCUT2D eigenvalue weighted by Crippen LogP contribution is -1.94. The Morgan fingerprint density at radius 2 is 1.41 bits per heavy atom. The fourth-order valence-electron chi connectivity index (χ4n) is 2.23. The van der Waals surface area contributed by atoms with Crippen LogP contribution in [0.2, 0.25) is 0 Å². The second-order valence-electron chi connectivity index (χ2n) is 4.80. The van der Waals surface area contributed by atoms with E-state index in [4.69, 9.17) is 0 Å². The molecule has 0 saturated carbocycles. The van der Waals surface area contributed by atoms with Gasteiger partial charge in [0.1, 0.15) is 0 Å². The van der Waals surface area contributed by atoms with E-state index in [1.54, 1.807) is 0 Å². The molecular weight excluding hydrogens is 208 g/mol. The molecule has 0 amide bonds. The number of aliphatic hydroxyl groups is 1. The Balaban J connectivity index is 2.13. The SMILES string of the molecule is CCCCCCCCCc1ccccc1CO. The van der Waals surface area contributed by atoms with Crippen LogP contribution in [0.1, 0.15) is 63.0 Å². The molecular formula is C16H26O. The van der Waals surface area contributed by atoms with Gasteiger partial charge < -0.3 is 5.11 Å². The van der Waals surface area contributed by atoms with Crippen molar-refractivity contribution in [2.45, 2.75) is 64.9 Å². The van der Waals surface area contributed by atoms with Crippen LogP contribution in [0.25, 0.3) is 0 Å². The van der Waals surface area contributed by atoms with Gasteiger partial charge in [0.05, 0.1) is 6.61 Å². The summed E-state index contributed by atoms with van der Waals surface area (Å²) in [6.45, 7) is 2.43. The van der Waals surface area contributed by atoms with Gasteiger partial charge in [0.2, 0.25) is 0 Å². The van der Waals surface area contributed by atoms with E-state index in [-0.39, 0.29) is 6.61 Å². The fraction of sp³-hybridized carbons (Fsp3) is 0.625. The van der Waals surface area contributed by atoms with Crippen LogP contribution in [0.3, 0.4) is 0 Å². The molecule has 17 heavy (non-hydrogen) atoms. The average molecular weight is 234 g/mol. The van der Waals surface area contributed by atoms with Crippen molar-refractivity contribution < 1.29 is 5.11 Å². The molecule has 0 bridgehead atoms. The van der Waals surface area contributed by atoms with Gasteiger partial charge in [-0.2, -0.15) is 0 Å². The predicted molar refractivity (Wildman–Crippen MR) is 74.1 cm³/mol. The zero-order valence-corrected chi connectivity index (χ0v) is 11.1. The lowest BCUT2D eigenvalue weighted by Gasteiger charge is -2.06. The molecule has 1 nitrogen and oxygen atoms in total. The van der Waals surface area contributed by atoms with Gasteiger partial charge >= 0.3 is 0 Å². The van der Waals surface area contributed by atoms with Crippen molar-refractivity contribution in [1.82, 2.24) is 0 Å². The van der Waals surface area contributed by atoms with Crippen molar-refractivity contribution in [2.24, 2.45) is 0 Å². The zero-order valence-electron chi connectivity index (χ0n) is 11.1. The molecule has 96 valence electrons. The summed E-state index contributed by atoms with van der Waals surface area (Å²) in [5.41, 5.74) is 2.42. The molecule has 0 fully saturated rings. The lowest BCUT2D eigenvalue weighted by molar-refractivity contribution is 0.280. The first-order valence-electron chi connectivity index (χ1n) is 7.06. The summed E-state index contributed by atoms with van der Waals surface area (Å²) in [6.07, 6.45) is 10.5. The molecule has 0 aliphatic rings. The van der Waals surface area contributed by atoms with Crippen molar-refractivity contribution >= 4 is 0 Å². The molecule has 0 aromatic heterocycles. The Morgan fingerprint density at radius 3 is 2.06 bits per heavy atom. The Kier molecular flexibility index (Phi) is 7.74. The number of hydrogen-bond acceptors (Lipinski definition) is 1. The van der Waals surface area contributed by atoms with Crippen LogP contribution in [0.15, 0.2) is 24.3 Å². The van der Waals surface area contributed by atoms with Crippen LogP contribution in [0.5, 0.6) is 0 Å². The summed E-state index contributed by atoms with van der Waals surface area (Å²) in [5, 5.41) is 9.22. The third kappa shape index (κ3) is 5.88. The van der Waals surface area contributed by atoms with Crippen molar-refractivity contribution in [1.29, 1.82) is 0 Å². The van der Waals surface area contributed by atoms with Gasteiger partial charge in [0.15, 0.2) is 0 Å². The van der Waals surface area contributed by atoms with E-state index in [9.17, 15) is 5.11 Å². The van der Waals surface area contributed by atoms with Crippen molar-refractivity contribution in [3.05, 3.63) is 35.4 Å². The first-order chi connectivity index (χ1) is 8.38. The summed E-state index contributed by atoms with van der Waals surface area (Å²) in [6, 6.07) is 8.23. The number of benzene rings is 1. The van der Waals surface area contributed by atoms with E-state index < -0.39 is 0 Å². The molecule has 1 aromatic rings. The third-order valence-electron chi connectivity index (χ3n) is 3.34. The quantitative estimate of drug-likeness (QED) is 0.625. The first kappa shape index (κ1) is 14.2. The molecule has 0 spiro atoms. The molecule has 0 unspecified atom stereocenters. The highest BCUT2D eigenvalue weighted by Gasteiger charge is 1.99. The number of aliphatic hydroxyl groups excluding tert-OH is 1. The average Bonchev–Trinajstić information content (AvgIpc) is 2.38. The Labute approximate surface area is 106 Å². The van der Waals surface area contributed by atoms with Crippen LogP contribution in [0.4, 0.5) is 0 Å². The maximum absolute atomic E-state index is 9.22. The minimum absolute atomic E-state index is 0.173. The summed E-state index contributed by atoms with van der Waals surface area (Å²) in [7, 11) is 0. The van der Waals surface area contributed by atoms with Gasteiger partial charge in [-0.25, -0.2) is 0 Å². The predicted octanol–water partition coefficient (Wildman–Crippen LogP) is 4.47. The number of hydrogen-bond donors (Lipinski definition) is 1.